The summed E-state index contributed by atoms with van der Waals surface area (Å²) in [4.78, 5) is 17.7. The lowest BCUT2D eigenvalue weighted by Crippen LogP contribution is -2.43. The first kappa shape index (κ1) is 24.5. The average Bonchev–Trinajstić information content (AvgIpc) is 3.22. The van der Waals surface area contributed by atoms with Gasteiger partial charge < -0.3 is 10.2 Å². The van der Waals surface area contributed by atoms with E-state index >= 15 is 0 Å². The third kappa shape index (κ3) is 5.38. The molecule has 33 heavy (non-hydrogen) atoms. The third-order valence-corrected chi connectivity index (χ3v) is 8.03. The zero-order valence-corrected chi connectivity index (χ0v) is 20.3. The van der Waals surface area contributed by atoms with Crippen molar-refractivity contribution in [1.29, 1.82) is 0 Å². The molecule has 4 nitrogen and oxygen atoms in total. The second-order valence-corrected chi connectivity index (χ2v) is 10.5. The Hall–Kier alpha value is -1.64. The number of hydrogen-bond donors (Lipinski definition) is 1. The van der Waals surface area contributed by atoms with Gasteiger partial charge in [0.1, 0.15) is 0 Å². The monoisotopic (exact) mass is 517 g/mol. The van der Waals surface area contributed by atoms with Crippen LogP contribution in [0.5, 0.6) is 0 Å². The van der Waals surface area contributed by atoms with Gasteiger partial charge in [0.05, 0.1) is 17.6 Å². The van der Waals surface area contributed by atoms with Crippen LogP contribution < -0.4 is 5.32 Å². The van der Waals surface area contributed by atoms with E-state index in [9.17, 15) is 18.0 Å². The summed E-state index contributed by atoms with van der Waals surface area (Å²) in [7, 11) is 1.22. The lowest BCUT2D eigenvalue weighted by atomic mass is 9.99. The first-order valence-electron chi connectivity index (χ1n) is 10.7. The Morgan fingerprint density at radius 2 is 1.73 bits per heavy atom. The van der Waals surface area contributed by atoms with Crippen LogP contribution in [0.3, 0.4) is 0 Å². The molecule has 1 aliphatic heterocycles. The van der Waals surface area contributed by atoms with E-state index in [2.05, 4.69) is 10.3 Å². The van der Waals surface area contributed by atoms with Crippen molar-refractivity contribution in [3.05, 3.63) is 57.3 Å². The highest BCUT2D eigenvalue weighted by molar-refractivity contribution is 7.99. The van der Waals surface area contributed by atoms with E-state index in [1.165, 1.54) is 19.3 Å². The molecule has 1 unspecified atom stereocenters. The summed E-state index contributed by atoms with van der Waals surface area (Å²) in [6, 6.07) is 4.37. The fourth-order valence-electron chi connectivity index (χ4n) is 4.58. The average molecular weight is 518 g/mol. The lowest BCUT2D eigenvalue weighted by molar-refractivity contribution is -0.191. The molecular formula is C23H24Cl2F3N3OS. The van der Waals surface area contributed by atoms with Gasteiger partial charge in [0.15, 0.2) is 6.04 Å². The maximum absolute atomic E-state index is 14.0. The molecule has 0 bridgehead atoms. The molecule has 1 fully saturated rings. The Labute approximate surface area is 205 Å². The maximum Gasteiger partial charge on any atom is 0.414 e. The summed E-state index contributed by atoms with van der Waals surface area (Å²) < 4.78 is 41.9. The van der Waals surface area contributed by atoms with Crippen LogP contribution in [-0.2, 0) is 17.6 Å². The van der Waals surface area contributed by atoms with Crippen LogP contribution in [0.2, 0.25) is 10.0 Å². The molecule has 1 saturated heterocycles. The molecule has 4 rings (SSSR count). The second-order valence-electron chi connectivity index (χ2n) is 8.49. The van der Waals surface area contributed by atoms with Crippen molar-refractivity contribution in [1.82, 2.24) is 9.88 Å². The van der Waals surface area contributed by atoms with Crippen molar-refractivity contribution in [2.75, 3.05) is 23.9 Å². The molecule has 0 radical (unpaired) electrons. The molecule has 1 N–H and O–H groups in total. The summed E-state index contributed by atoms with van der Waals surface area (Å²) in [5.41, 5.74) is 2.38. The fourth-order valence-corrected chi connectivity index (χ4v) is 6.19. The highest BCUT2D eigenvalue weighted by Gasteiger charge is 2.47. The molecular weight excluding hydrogens is 494 g/mol. The van der Waals surface area contributed by atoms with Crippen LogP contribution in [0.25, 0.3) is 0 Å². The SMILES string of the molecule is CN(C(=O)C1CCSCC1)C(c1ccc(NC2Cc3c(Cl)ccc(Cl)c3C2)cn1)C(F)(F)F. The number of amides is 1. The number of carbonyl (C=O) groups excluding carboxylic acids is 1. The van der Waals surface area contributed by atoms with Crippen molar-refractivity contribution < 1.29 is 18.0 Å². The molecule has 1 atom stereocenters. The Balaban J connectivity index is 1.47. The number of nitrogens with zero attached hydrogens (tertiary/aromatic N) is 2. The molecule has 10 heteroatoms. The Morgan fingerprint density at radius 1 is 1.12 bits per heavy atom. The number of pyridine rings is 1. The van der Waals surface area contributed by atoms with Crippen LogP contribution in [0.4, 0.5) is 18.9 Å². The number of nitrogens with one attached hydrogen (secondary N) is 1. The van der Waals surface area contributed by atoms with E-state index in [0.717, 1.165) is 27.5 Å². The summed E-state index contributed by atoms with van der Waals surface area (Å²) in [6.07, 6.45) is -0.706. The second kappa shape index (κ2) is 9.92. The molecule has 1 aromatic carbocycles. The number of alkyl halides is 3. The van der Waals surface area contributed by atoms with Crippen LogP contribution in [0, 0.1) is 5.92 Å². The van der Waals surface area contributed by atoms with E-state index < -0.39 is 18.1 Å². The van der Waals surface area contributed by atoms with E-state index in [1.54, 1.807) is 30.0 Å². The number of halogens is 5. The van der Waals surface area contributed by atoms with E-state index in [0.29, 0.717) is 41.4 Å². The zero-order chi connectivity index (χ0) is 23.8. The molecule has 2 aromatic rings. The van der Waals surface area contributed by atoms with E-state index in [1.807, 2.05) is 0 Å². The van der Waals surface area contributed by atoms with Crippen molar-refractivity contribution in [2.45, 2.75) is 43.9 Å². The van der Waals surface area contributed by atoms with Gasteiger partial charge in [0.25, 0.3) is 0 Å². The molecule has 2 aliphatic rings. The number of thioether (sulfide) groups is 1. The lowest BCUT2D eigenvalue weighted by Gasteiger charge is -2.33. The molecule has 1 aromatic heterocycles. The zero-order valence-electron chi connectivity index (χ0n) is 18.0. The predicted molar refractivity (Wildman–Crippen MR) is 127 cm³/mol. The fraction of sp³-hybridized carbons (Fsp3) is 0.478. The first-order chi connectivity index (χ1) is 15.6. The highest BCUT2D eigenvalue weighted by atomic mass is 35.5. The van der Waals surface area contributed by atoms with Gasteiger partial charge in [0.2, 0.25) is 5.91 Å². The summed E-state index contributed by atoms with van der Waals surface area (Å²) in [5, 5.41) is 4.62. The molecule has 0 saturated carbocycles. The molecule has 1 aliphatic carbocycles. The van der Waals surface area contributed by atoms with Crippen molar-refractivity contribution in [3.63, 3.8) is 0 Å². The largest absolute Gasteiger partial charge is 0.414 e. The standard InChI is InChI=1S/C23H24Cl2F3N3OS/c1-31(22(32)13-6-8-33-9-7-13)21(23(26,27)28)20-5-2-14(12-29-20)30-15-10-16-17(11-15)19(25)4-3-18(16)24/h2-5,12-13,15,21,30H,6-11H2,1H3. The number of aromatic nitrogens is 1. The number of anilines is 1. The van der Waals surface area contributed by atoms with Gasteiger partial charge >= 0.3 is 6.18 Å². The minimum absolute atomic E-state index is 0.0110. The maximum atomic E-state index is 14.0. The molecule has 2 heterocycles. The van der Waals surface area contributed by atoms with Crippen molar-refractivity contribution in [2.24, 2.45) is 5.92 Å². The van der Waals surface area contributed by atoms with Gasteiger partial charge in [-0.2, -0.15) is 24.9 Å². The Morgan fingerprint density at radius 3 is 2.24 bits per heavy atom. The van der Waals surface area contributed by atoms with Gasteiger partial charge in [-0.3, -0.25) is 9.78 Å². The van der Waals surface area contributed by atoms with E-state index in [-0.39, 0.29) is 17.7 Å². The molecule has 1 amide bonds. The van der Waals surface area contributed by atoms with Crippen LogP contribution in [0.1, 0.15) is 35.7 Å². The third-order valence-electron chi connectivity index (χ3n) is 6.27. The van der Waals surface area contributed by atoms with Crippen molar-refractivity contribution >= 4 is 46.6 Å². The highest BCUT2D eigenvalue weighted by Crippen LogP contribution is 2.39. The Bertz CT molecular complexity index is 982. The number of hydrogen-bond acceptors (Lipinski definition) is 4. The molecule has 0 spiro atoms. The predicted octanol–water partition coefficient (Wildman–Crippen LogP) is 6.17. The van der Waals surface area contributed by atoms with Crippen LogP contribution >= 0.6 is 35.0 Å². The summed E-state index contributed by atoms with van der Waals surface area (Å²) >= 11 is 14.3. The summed E-state index contributed by atoms with van der Waals surface area (Å²) in [5.74, 6) is 0.742. The smallest absolute Gasteiger partial charge is 0.380 e. The topological polar surface area (TPSA) is 45.2 Å². The molecule has 178 valence electrons. The van der Waals surface area contributed by atoms with Gasteiger partial charge in [-0.05, 0) is 72.6 Å². The van der Waals surface area contributed by atoms with Gasteiger partial charge in [-0.15, -0.1) is 0 Å². The van der Waals surface area contributed by atoms with E-state index in [4.69, 9.17) is 23.2 Å². The minimum atomic E-state index is -4.63. The number of rotatable bonds is 5. The normalized spacial score (nSPS) is 18.1. The van der Waals surface area contributed by atoms with Gasteiger partial charge in [-0.1, -0.05) is 23.2 Å². The van der Waals surface area contributed by atoms with Crippen LogP contribution in [-0.4, -0.2) is 46.6 Å². The number of fused-ring (bicyclic) bond motifs is 1. The number of benzene rings is 1. The Kier molecular flexibility index (Phi) is 7.36. The quantitative estimate of drug-likeness (QED) is 0.514. The number of carbonyl (C=O) groups is 1. The first-order valence-corrected chi connectivity index (χ1v) is 12.7. The minimum Gasteiger partial charge on any atom is -0.380 e. The summed E-state index contributed by atoms with van der Waals surface area (Å²) in [6.45, 7) is 0. The van der Waals surface area contributed by atoms with Crippen molar-refractivity contribution in [3.8, 4) is 0 Å². The van der Waals surface area contributed by atoms with Gasteiger partial charge in [-0.25, -0.2) is 0 Å². The van der Waals surface area contributed by atoms with Gasteiger partial charge in [0, 0.05) is 29.1 Å². The van der Waals surface area contributed by atoms with Crippen LogP contribution in [0.15, 0.2) is 30.5 Å².